The van der Waals surface area contributed by atoms with Crippen molar-refractivity contribution in [2.75, 3.05) is 26.8 Å². The molecule has 1 fully saturated rings. The number of carbonyl (C=O) groups is 1. The molecular formula is C17H26Cl2N2O3. The fraction of sp³-hybridized carbons (Fsp3) is 0.588. The molecule has 136 valence electrons. The molecule has 0 aliphatic carbocycles. The summed E-state index contributed by atoms with van der Waals surface area (Å²) in [6, 6.07) is 3.64. The van der Waals surface area contributed by atoms with Crippen LogP contribution in [0, 0.1) is 5.92 Å². The van der Waals surface area contributed by atoms with Crippen LogP contribution in [-0.4, -0.2) is 38.8 Å². The van der Waals surface area contributed by atoms with Crippen LogP contribution < -0.4 is 20.1 Å². The molecule has 0 saturated carbocycles. The Kier molecular flexibility index (Phi) is 8.67. The van der Waals surface area contributed by atoms with Crippen molar-refractivity contribution in [3.63, 3.8) is 0 Å². The zero-order chi connectivity index (χ0) is 16.8. The Morgan fingerprint density at radius 2 is 2.21 bits per heavy atom. The van der Waals surface area contributed by atoms with Crippen molar-refractivity contribution in [1.82, 2.24) is 10.6 Å². The fourth-order valence-electron chi connectivity index (χ4n) is 2.49. The lowest BCUT2D eigenvalue weighted by Crippen LogP contribution is -2.37. The van der Waals surface area contributed by atoms with Crippen LogP contribution in [0.2, 0.25) is 5.02 Å². The van der Waals surface area contributed by atoms with Crippen LogP contribution >= 0.6 is 24.0 Å². The van der Waals surface area contributed by atoms with E-state index in [9.17, 15) is 4.79 Å². The number of halogens is 2. The molecule has 0 spiro atoms. The highest BCUT2D eigenvalue weighted by Gasteiger charge is 2.18. The molecule has 1 aromatic carbocycles. The average molecular weight is 377 g/mol. The van der Waals surface area contributed by atoms with Gasteiger partial charge >= 0.3 is 0 Å². The van der Waals surface area contributed by atoms with Gasteiger partial charge in [0.05, 0.1) is 18.7 Å². The standard InChI is InChI=1S/C17H25ClN2O3.ClH/c1-11(2)10-23-16-14(18)7-12(8-15(16)22-3)17(21)20-9-13-5-4-6-19-13;/h7-8,11,13,19H,4-6,9-10H2,1-3H3,(H,20,21);1H. The summed E-state index contributed by atoms with van der Waals surface area (Å²) in [5.41, 5.74) is 0.474. The first-order chi connectivity index (χ1) is 11.0. The summed E-state index contributed by atoms with van der Waals surface area (Å²) < 4.78 is 11.0. The van der Waals surface area contributed by atoms with E-state index in [0.29, 0.717) is 47.2 Å². The quantitative estimate of drug-likeness (QED) is 0.766. The average Bonchev–Trinajstić information content (AvgIpc) is 3.03. The molecule has 2 rings (SSSR count). The third-order valence-electron chi connectivity index (χ3n) is 3.72. The van der Waals surface area contributed by atoms with Crippen LogP contribution in [0.3, 0.4) is 0 Å². The summed E-state index contributed by atoms with van der Waals surface area (Å²) in [5.74, 6) is 1.17. The topological polar surface area (TPSA) is 59.6 Å². The first kappa shape index (κ1) is 20.9. The van der Waals surface area contributed by atoms with Crippen LogP contribution in [0.5, 0.6) is 11.5 Å². The van der Waals surface area contributed by atoms with E-state index < -0.39 is 0 Å². The largest absolute Gasteiger partial charge is 0.493 e. The second-order valence-corrected chi connectivity index (χ2v) is 6.60. The number of methoxy groups -OCH3 is 1. The highest BCUT2D eigenvalue weighted by molar-refractivity contribution is 6.32. The second kappa shape index (κ2) is 9.97. The van der Waals surface area contributed by atoms with Gasteiger partial charge in [0.1, 0.15) is 0 Å². The number of ether oxygens (including phenoxy) is 2. The van der Waals surface area contributed by atoms with Gasteiger partial charge in [-0.25, -0.2) is 0 Å². The maximum Gasteiger partial charge on any atom is 0.251 e. The number of hydrogen-bond acceptors (Lipinski definition) is 4. The van der Waals surface area contributed by atoms with Gasteiger partial charge in [0, 0.05) is 18.2 Å². The lowest BCUT2D eigenvalue weighted by Gasteiger charge is -2.16. The van der Waals surface area contributed by atoms with E-state index in [4.69, 9.17) is 21.1 Å². The zero-order valence-corrected chi connectivity index (χ0v) is 15.9. The van der Waals surface area contributed by atoms with Gasteiger partial charge in [-0.2, -0.15) is 0 Å². The van der Waals surface area contributed by atoms with E-state index in [1.807, 2.05) is 0 Å². The summed E-state index contributed by atoms with van der Waals surface area (Å²) >= 11 is 6.27. The maximum atomic E-state index is 12.3. The summed E-state index contributed by atoms with van der Waals surface area (Å²) in [7, 11) is 1.54. The number of nitrogens with one attached hydrogen (secondary N) is 2. The molecule has 24 heavy (non-hydrogen) atoms. The number of carbonyl (C=O) groups excluding carboxylic acids is 1. The van der Waals surface area contributed by atoms with Gasteiger partial charge in [-0.1, -0.05) is 25.4 Å². The molecule has 1 aliphatic rings. The highest BCUT2D eigenvalue weighted by atomic mass is 35.5. The van der Waals surface area contributed by atoms with Crippen molar-refractivity contribution in [2.24, 2.45) is 5.92 Å². The zero-order valence-electron chi connectivity index (χ0n) is 14.4. The van der Waals surface area contributed by atoms with Crippen molar-refractivity contribution in [3.8, 4) is 11.5 Å². The third-order valence-corrected chi connectivity index (χ3v) is 4.00. The van der Waals surface area contributed by atoms with Gasteiger partial charge in [0.2, 0.25) is 0 Å². The van der Waals surface area contributed by atoms with Gasteiger partial charge in [-0.3, -0.25) is 4.79 Å². The van der Waals surface area contributed by atoms with Crippen molar-refractivity contribution in [1.29, 1.82) is 0 Å². The predicted molar refractivity (Wildman–Crippen MR) is 98.9 cm³/mol. The fourth-order valence-corrected chi connectivity index (χ4v) is 2.76. The summed E-state index contributed by atoms with van der Waals surface area (Å²) in [5, 5.41) is 6.66. The lowest BCUT2D eigenvalue weighted by molar-refractivity contribution is 0.0950. The Morgan fingerprint density at radius 3 is 2.79 bits per heavy atom. The van der Waals surface area contributed by atoms with Crippen molar-refractivity contribution >= 4 is 29.9 Å². The second-order valence-electron chi connectivity index (χ2n) is 6.20. The van der Waals surface area contributed by atoms with Gasteiger partial charge in [-0.05, 0) is 37.4 Å². The molecule has 5 nitrogen and oxygen atoms in total. The van der Waals surface area contributed by atoms with E-state index in [2.05, 4.69) is 24.5 Å². The minimum absolute atomic E-state index is 0. The highest BCUT2D eigenvalue weighted by Crippen LogP contribution is 2.36. The Morgan fingerprint density at radius 1 is 1.46 bits per heavy atom. The minimum Gasteiger partial charge on any atom is -0.493 e. The summed E-state index contributed by atoms with van der Waals surface area (Å²) in [6.07, 6.45) is 2.24. The Hall–Kier alpha value is -1.17. The van der Waals surface area contributed by atoms with Gasteiger partial charge < -0.3 is 20.1 Å². The molecule has 1 amide bonds. The molecule has 1 saturated heterocycles. The molecule has 1 atom stereocenters. The number of benzene rings is 1. The van der Waals surface area contributed by atoms with Crippen LogP contribution in [0.15, 0.2) is 12.1 Å². The van der Waals surface area contributed by atoms with E-state index in [1.165, 1.54) is 7.11 Å². The van der Waals surface area contributed by atoms with Crippen molar-refractivity contribution < 1.29 is 14.3 Å². The smallest absolute Gasteiger partial charge is 0.251 e. The third kappa shape index (κ3) is 5.72. The molecule has 0 aromatic heterocycles. The van der Waals surface area contributed by atoms with Crippen LogP contribution in [0.25, 0.3) is 0 Å². The van der Waals surface area contributed by atoms with Gasteiger partial charge in [0.15, 0.2) is 11.5 Å². The molecular weight excluding hydrogens is 351 g/mol. The van der Waals surface area contributed by atoms with Gasteiger partial charge in [0.25, 0.3) is 5.91 Å². The lowest BCUT2D eigenvalue weighted by atomic mass is 10.1. The van der Waals surface area contributed by atoms with E-state index >= 15 is 0 Å². The van der Waals surface area contributed by atoms with Crippen LogP contribution in [0.1, 0.15) is 37.0 Å². The molecule has 0 radical (unpaired) electrons. The summed E-state index contributed by atoms with van der Waals surface area (Å²) in [4.78, 5) is 12.3. The van der Waals surface area contributed by atoms with Crippen LogP contribution in [0.4, 0.5) is 0 Å². The first-order valence-electron chi connectivity index (χ1n) is 8.03. The predicted octanol–water partition coefficient (Wildman–Crippen LogP) is 3.29. The molecule has 1 unspecified atom stereocenters. The maximum absolute atomic E-state index is 12.3. The Bertz CT molecular complexity index is 547. The monoisotopic (exact) mass is 376 g/mol. The normalized spacial score (nSPS) is 16.6. The van der Waals surface area contributed by atoms with Crippen molar-refractivity contribution in [2.45, 2.75) is 32.7 Å². The Balaban J connectivity index is 0.00000288. The van der Waals surface area contributed by atoms with Gasteiger partial charge in [-0.15, -0.1) is 12.4 Å². The number of hydrogen-bond donors (Lipinski definition) is 2. The molecule has 1 aliphatic heterocycles. The van der Waals surface area contributed by atoms with E-state index in [-0.39, 0.29) is 18.3 Å². The minimum atomic E-state index is -0.158. The number of amides is 1. The molecule has 1 aromatic rings. The molecule has 2 N–H and O–H groups in total. The molecule has 7 heteroatoms. The van der Waals surface area contributed by atoms with E-state index in [0.717, 1.165) is 19.4 Å². The first-order valence-corrected chi connectivity index (χ1v) is 8.41. The summed E-state index contributed by atoms with van der Waals surface area (Å²) in [6.45, 7) is 6.28. The van der Waals surface area contributed by atoms with E-state index in [1.54, 1.807) is 12.1 Å². The van der Waals surface area contributed by atoms with Crippen molar-refractivity contribution in [3.05, 3.63) is 22.7 Å². The number of rotatable bonds is 7. The molecule has 1 heterocycles. The Labute approximate surface area is 154 Å². The molecule has 0 bridgehead atoms. The SMILES string of the molecule is COc1cc(C(=O)NCC2CCCN2)cc(Cl)c1OCC(C)C.Cl. The van der Waals surface area contributed by atoms with Crippen LogP contribution in [-0.2, 0) is 0 Å².